The van der Waals surface area contributed by atoms with Crippen molar-refractivity contribution >= 4 is 34.9 Å². The van der Waals surface area contributed by atoms with Crippen LogP contribution in [-0.4, -0.2) is 51.8 Å². The summed E-state index contributed by atoms with van der Waals surface area (Å²) in [6.07, 6.45) is 7.40. The predicted molar refractivity (Wildman–Crippen MR) is 95.0 cm³/mol. The van der Waals surface area contributed by atoms with Crippen molar-refractivity contribution in [3.05, 3.63) is 5.51 Å². The molecule has 0 atom stereocenters. The van der Waals surface area contributed by atoms with Crippen molar-refractivity contribution in [3.63, 3.8) is 0 Å². The lowest BCUT2D eigenvalue weighted by molar-refractivity contribution is -0.130. The van der Waals surface area contributed by atoms with E-state index in [-0.39, 0.29) is 23.8 Å². The van der Waals surface area contributed by atoms with Gasteiger partial charge in [-0.1, -0.05) is 42.4 Å². The van der Waals surface area contributed by atoms with Gasteiger partial charge in [-0.05, 0) is 25.7 Å². The van der Waals surface area contributed by atoms with E-state index in [9.17, 15) is 9.59 Å². The van der Waals surface area contributed by atoms with Crippen molar-refractivity contribution in [1.29, 1.82) is 0 Å². The molecule has 1 aliphatic carbocycles. The van der Waals surface area contributed by atoms with Crippen LogP contribution < -0.4 is 5.32 Å². The molecule has 1 saturated heterocycles. The summed E-state index contributed by atoms with van der Waals surface area (Å²) in [6.45, 7) is 1.45. The molecule has 0 aromatic carbocycles. The third-order valence-corrected chi connectivity index (χ3v) is 6.67. The standard InChI is InChI=1S/C16H24N4O2S2/c21-14(10-23-16-19-17-11-24-16)20-8-6-13(7-9-20)18-15(22)12-4-2-1-3-5-12/h11-13H,1-10H2,(H,18,22). The number of aromatic nitrogens is 2. The Morgan fingerprint density at radius 2 is 1.96 bits per heavy atom. The Labute approximate surface area is 150 Å². The van der Waals surface area contributed by atoms with Gasteiger partial charge in [0.25, 0.3) is 0 Å². The molecular weight excluding hydrogens is 344 g/mol. The Morgan fingerprint density at radius 1 is 1.21 bits per heavy atom. The van der Waals surface area contributed by atoms with Gasteiger partial charge in [0.05, 0.1) is 5.75 Å². The molecule has 0 spiro atoms. The Hall–Kier alpha value is -1.15. The van der Waals surface area contributed by atoms with Crippen LogP contribution in [0.4, 0.5) is 0 Å². The van der Waals surface area contributed by atoms with Crippen LogP contribution in [0.1, 0.15) is 44.9 Å². The van der Waals surface area contributed by atoms with Gasteiger partial charge < -0.3 is 10.2 Å². The molecular formula is C16H24N4O2S2. The van der Waals surface area contributed by atoms with Crippen LogP contribution in [0.15, 0.2) is 9.85 Å². The van der Waals surface area contributed by atoms with Crippen LogP contribution in [0.5, 0.6) is 0 Å². The molecule has 0 bridgehead atoms. The van der Waals surface area contributed by atoms with Gasteiger partial charge in [-0.3, -0.25) is 9.59 Å². The third kappa shape index (κ3) is 4.92. The van der Waals surface area contributed by atoms with Crippen LogP contribution in [-0.2, 0) is 9.59 Å². The monoisotopic (exact) mass is 368 g/mol. The number of thioether (sulfide) groups is 1. The first-order valence-electron chi connectivity index (χ1n) is 8.69. The number of likely N-dealkylation sites (tertiary alicyclic amines) is 1. The molecule has 2 heterocycles. The largest absolute Gasteiger partial charge is 0.353 e. The van der Waals surface area contributed by atoms with Crippen LogP contribution in [0.2, 0.25) is 0 Å². The first kappa shape index (κ1) is 17.7. The lowest BCUT2D eigenvalue weighted by Gasteiger charge is -2.33. The number of carbonyl (C=O) groups excluding carboxylic acids is 2. The highest BCUT2D eigenvalue weighted by molar-refractivity contribution is 8.01. The number of carbonyl (C=O) groups is 2. The van der Waals surface area contributed by atoms with E-state index in [2.05, 4.69) is 15.5 Å². The molecule has 2 amide bonds. The van der Waals surface area contributed by atoms with Gasteiger partial charge >= 0.3 is 0 Å². The highest BCUT2D eigenvalue weighted by Gasteiger charge is 2.27. The van der Waals surface area contributed by atoms with Gasteiger partial charge in [-0.25, -0.2) is 0 Å². The van der Waals surface area contributed by atoms with Gasteiger partial charge in [0.2, 0.25) is 11.8 Å². The first-order chi connectivity index (χ1) is 11.7. The maximum Gasteiger partial charge on any atom is 0.233 e. The van der Waals surface area contributed by atoms with E-state index in [1.54, 1.807) is 5.51 Å². The molecule has 132 valence electrons. The van der Waals surface area contributed by atoms with Crippen LogP contribution in [0, 0.1) is 5.92 Å². The molecule has 1 saturated carbocycles. The fourth-order valence-corrected chi connectivity index (χ4v) is 4.79. The lowest BCUT2D eigenvalue weighted by atomic mass is 9.88. The zero-order valence-corrected chi connectivity index (χ0v) is 15.4. The Morgan fingerprint density at radius 3 is 2.62 bits per heavy atom. The number of hydrogen-bond donors (Lipinski definition) is 1. The minimum Gasteiger partial charge on any atom is -0.353 e. The number of nitrogens with one attached hydrogen (secondary N) is 1. The normalized spacial score (nSPS) is 20.1. The average Bonchev–Trinajstić information content (AvgIpc) is 3.14. The summed E-state index contributed by atoms with van der Waals surface area (Å²) >= 11 is 2.90. The molecule has 1 aliphatic heterocycles. The summed E-state index contributed by atoms with van der Waals surface area (Å²) in [6, 6.07) is 0.222. The molecule has 0 unspecified atom stereocenters. The van der Waals surface area contributed by atoms with E-state index in [1.807, 2.05) is 4.90 Å². The fourth-order valence-electron chi connectivity index (χ4n) is 3.40. The predicted octanol–water partition coefficient (Wildman–Crippen LogP) is 2.32. The van der Waals surface area contributed by atoms with E-state index < -0.39 is 0 Å². The van der Waals surface area contributed by atoms with Gasteiger partial charge in [-0.2, -0.15) is 0 Å². The number of nitrogens with zero attached hydrogens (tertiary/aromatic N) is 3. The van der Waals surface area contributed by atoms with E-state index >= 15 is 0 Å². The lowest BCUT2D eigenvalue weighted by Crippen LogP contribution is -2.48. The average molecular weight is 369 g/mol. The topological polar surface area (TPSA) is 75.2 Å². The molecule has 0 radical (unpaired) electrons. The van der Waals surface area contributed by atoms with Gasteiger partial charge in [0.1, 0.15) is 5.51 Å². The number of rotatable bonds is 5. The second kappa shape index (κ2) is 8.80. The summed E-state index contributed by atoms with van der Waals surface area (Å²) < 4.78 is 0.831. The Balaban J connectivity index is 1.37. The maximum atomic E-state index is 12.3. The second-order valence-corrected chi connectivity index (χ2v) is 8.55. The molecule has 2 aliphatic rings. The number of amides is 2. The maximum absolute atomic E-state index is 12.3. The van der Waals surface area contributed by atoms with E-state index in [0.29, 0.717) is 5.75 Å². The molecule has 24 heavy (non-hydrogen) atoms. The molecule has 2 fully saturated rings. The summed E-state index contributed by atoms with van der Waals surface area (Å²) in [5.41, 5.74) is 1.67. The Kier molecular flexibility index (Phi) is 6.48. The molecule has 1 N–H and O–H groups in total. The minimum absolute atomic E-state index is 0.146. The van der Waals surface area contributed by atoms with E-state index in [1.165, 1.54) is 42.4 Å². The summed E-state index contributed by atoms with van der Waals surface area (Å²) in [7, 11) is 0. The molecule has 1 aromatic rings. The SMILES string of the molecule is O=C(NC1CCN(C(=O)CSc2nncs2)CC1)C1CCCCC1. The van der Waals surface area contributed by atoms with Crippen LogP contribution >= 0.6 is 23.1 Å². The van der Waals surface area contributed by atoms with E-state index in [4.69, 9.17) is 0 Å². The smallest absolute Gasteiger partial charge is 0.233 e. The summed E-state index contributed by atoms with van der Waals surface area (Å²) in [5.74, 6) is 0.995. The number of piperidine rings is 1. The highest BCUT2D eigenvalue weighted by atomic mass is 32.2. The highest BCUT2D eigenvalue weighted by Crippen LogP contribution is 2.24. The van der Waals surface area contributed by atoms with Crippen molar-refractivity contribution in [3.8, 4) is 0 Å². The minimum atomic E-state index is 0.146. The van der Waals surface area contributed by atoms with Gasteiger partial charge in [0, 0.05) is 25.0 Å². The van der Waals surface area contributed by atoms with Crippen molar-refractivity contribution < 1.29 is 9.59 Å². The van der Waals surface area contributed by atoms with Gasteiger partial charge in [-0.15, -0.1) is 10.2 Å². The quantitative estimate of drug-likeness (QED) is 0.807. The molecule has 1 aromatic heterocycles. The zero-order chi connectivity index (χ0) is 16.8. The third-order valence-electron chi connectivity index (χ3n) is 4.83. The Bertz CT molecular complexity index is 538. The number of hydrogen-bond acceptors (Lipinski definition) is 6. The van der Waals surface area contributed by atoms with Gasteiger partial charge in [0.15, 0.2) is 4.34 Å². The summed E-state index contributed by atoms with van der Waals surface area (Å²) in [4.78, 5) is 26.5. The van der Waals surface area contributed by atoms with E-state index in [0.717, 1.165) is 43.1 Å². The van der Waals surface area contributed by atoms with Crippen molar-refractivity contribution in [2.24, 2.45) is 5.92 Å². The van der Waals surface area contributed by atoms with Crippen molar-refractivity contribution in [1.82, 2.24) is 20.4 Å². The molecule has 6 nitrogen and oxygen atoms in total. The molecule has 3 rings (SSSR count). The van der Waals surface area contributed by atoms with Crippen molar-refractivity contribution in [2.75, 3.05) is 18.8 Å². The van der Waals surface area contributed by atoms with Crippen molar-refractivity contribution in [2.45, 2.75) is 55.3 Å². The second-order valence-electron chi connectivity index (χ2n) is 6.49. The zero-order valence-electron chi connectivity index (χ0n) is 13.8. The fraction of sp³-hybridized carbons (Fsp3) is 0.750. The van der Waals surface area contributed by atoms with Crippen LogP contribution in [0.3, 0.4) is 0 Å². The first-order valence-corrected chi connectivity index (χ1v) is 10.6. The summed E-state index contributed by atoms with van der Waals surface area (Å²) in [5, 5.41) is 10.9. The molecule has 8 heteroatoms. The van der Waals surface area contributed by atoms with Crippen LogP contribution in [0.25, 0.3) is 0 Å².